The van der Waals surface area contributed by atoms with Gasteiger partial charge in [0.05, 0.1) is 22.3 Å². The van der Waals surface area contributed by atoms with Crippen molar-refractivity contribution in [2.24, 2.45) is 0 Å². The second-order valence-corrected chi connectivity index (χ2v) is 4.72. The highest BCUT2D eigenvalue weighted by molar-refractivity contribution is 6.09. The van der Waals surface area contributed by atoms with Gasteiger partial charge in [-0.3, -0.25) is 14.4 Å². The zero-order chi connectivity index (χ0) is 24.8. The monoisotopic (exact) mass is 434 g/mol. The van der Waals surface area contributed by atoms with Crippen LogP contribution in [0.5, 0.6) is 0 Å². The molecule has 0 aliphatic rings. The fourth-order valence-electron chi connectivity index (χ4n) is 1.31. The van der Waals surface area contributed by atoms with Gasteiger partial charge in [0.15, 0.2) is 0 Å². The molecule has 30 heavy (non-hydrogen) atoms. The third-order valence-electron chi connectivity index (χ3n) is 2.08. The molecule has 0 heterocycles. The van der Waals surface area contributed by atoms with Gasteiger partial charge in [-0.15, -0.1) is 0 Å². The molecular weight excluding hydrogens is 416 g/mol. The van der Waals surface area contributed by atoms with Crippen LogP contribution in [0.4, 0.5) is 0 Å². The highest BCUT2D eigenvalue weighted by Crippen LogP contribution is 2.18. The van der Waals surface area contributed by atoms with Gasteiger partial charge in [-0.2, -0.15) is 0 Å². The summed E-state index contributed by atoms with van der Waals surface area (Å²) in [6.07, 6.45) is 0. The Labute approximate surface area is 167 Å². The van der Waals surface area contributed by atoms with E-state index in [0.29, 0.717) is 12.1 Å². The first kappa shape index (κ1) is 30.2. The number of hydrogen-bond acceptors (Lipinski definition) is 7. The maximum absolute atomic E-state index is 10.8. The van der Waals surface area contributed by atoms with Gasteiger partial charge in [-0.05, 0) is 12.1 Å². The van der Waals surface area contributed by atoms with E-state index in [1.165, 1.54) is 0 Å². The Kier molecular flexibility index (Phi) is 14.7. The van der Waals surface area contributed by atoms with E-state index in [9.17, 15) is 19.2 Å². The predicted octanol–water partition coefficient (Wildman–Crippen LogP) is 0.752. The zero-order valence-corrected chi connectivity index (χ0v) is 15.6. The minimum Gasteiger partial charge on any atom is -0.481 e. The molecule has 1 aromatic rings. The lowest BCUT2D eigenvalue weighted by molar-refractivity contribution is -0.135. The van der Waals surface area contributed by atoms with E-state index in [1.807, 2.05) is 0 Å². The Morgan fingerprint density at radius 3 is 0.600 bits per heavy atom. The normalized spacial score (nSPS) is 8.37. The SMILES string of the molecule is CC(=O)O.CC(=O)O.CC(=O)O.O=C(O)c1cc(C(=O)O)c(C(=O)O)cc1C(=O)O. The molecule has 0 aromatic heterocycles. The molecule has 14 heteroatoms. The maximum Gasteiger partial charge on any atom is 0.336 e. The molecule has 0 radical (unpaired) electrons. The quantitative estimate of drug-likeness (QED) is 0.345. The van der Waals surface area contributed by atoms with Crippen LogP contribution in [0.2, 0.25) is 0 Å². The largest absolute Gasteiger partial charge is 0.481 e. The van der Waals surface area contributed by atoms with Gasteiger partial charge in [0.1, 0.15) is 0 Å². The van der Waals surface area contributed by atoms with Crippen LogP contribution < -0.4 is 0 Å². The molecule has 0 atom stereocenters. The molecule has 0 aliphatic carbocycles. The van der Waals surface area contributed by atoms with Crippen molar-refractivity contribution >= 4 is 41.8 Å². The van der Waals surface area contributed by atoms with E-state index in [2.05, 4.69) is 0 Å². The number of hydrogen-bond donors (Lipinski definition) is 7. The number of aromatic carboxylic acids is 4. The topological polar surface area (TPSA) is 261 Å². The summed E-state index contributed by atoms with van der Waals surface area (Å²) in [7, 11) is 0. The van der Waals surface area contributed by atoms with E-state index in [1.54, 1.807) is 0 Å². The second kappa shape index (κ2) is 14.6. The molecule has 7 N–H and O–H groups in total. The fourth-order valence-corrected chi connectivity index (χ4v) is 1.31. The summed E-state index contributed by atoms with van der Waals surface area (Å²) < 4.78 is 0. The lowest BCUT2D eigenvalue weighted by Crippen LogP contribution is -2.15. The fraction of sp³-hybridized carbons (Fsp3) is 0.188. The first-order valence-corrected chi connectivity index (χ1v) is 7.15. The molecule has 0 saturated carbocycles. The van der Waals surface area contributed by atoms with E-state index >= 15 is 0 Å². The van der Waals surface area contributed by atoms with Gasteiger partial charge >= 0.3 is 23.9 Å². The molecule has 0 aliphatic heterocycles. The molecule has 0 spiro atoms. The van der Waals surface area contributed by atoms with Crippen LogP contribution in [0.15, 0.2) is 12.1 Å². The van der Waals surface area contributed by atoms with Gasteiger partial charge in [0.25, 0.3) is 17.9 Å². The summed E-state index contributed by atoms with van der Waals surface area (Å²) >= 11 is 0. The molecule has 1 aromatic carbocycles. The van der Waals surface area contributed by atoms with Crippen molar-refractivity contribution in [3.05, 3.63) is 34.4 Å². The van der Waals surface area contributed by atoms with Crippen molar-refractivity contribution in [3.63, 3.8) is 0 Å². The second-order valence-electron chi connectivity index (χ2n) is 4.72. The number of rotatable bonds is 4. The first-order chi connectivity index (χ1) is 13.4. The molecule has 0 amide bonds. The molecule has 166 valence electrons. The van der Waals surface area contributed by atoms with Crippen LogP contribution >= 0.6 is 0 Å². The molecule has 0 unspecified atom stereocenters. The molecule has 1 rings (SSSR count). The van der Waals surface area contributed by atoms with Crippen LogP contribution in [0, 0.1) is 0 Å². The Balaban J connectivity index is -0.000000498. The van der Waals surface area contributed by atoms with Crippen LogP contribution in [-0.2, 0) is 14.4 Å². The van der Waals surface area contributed by atoms with Crippen molar-refractivity contribution in [2.45, 2.75) is 20.8 Å². The van der Waals surface area contributed by atoms with Gasteiger partial charge in [-0.25, -0.2) is 19.2 Å². The third kappa shape index (κ3) is 15.7. The average Bonchev–Trinajstić information content (AvgIpc) is 2.51. The van der Waals surface area contributed by atoms with Crippen molar-refractivity contribution in [2.75, 3.05) is 0 Å². The van der Waals surface area contributed by atoms with Crippen molar-refractivity contribution in [1.82, 2.24) is 0 Å². The number of carbonyl (C=O) groups is 7. The summed E-state index contributed by atoms with van der Waals surface area (Å²) in [5.41, 5.74) is -3.15. The number of aliphatic carboxylic acids is 3. The van der Waals surface area contributed by atoms with E-state index < -0.39 is 64.0 Å². The smallest absolute Gasteiger partial charge is 0.336 e. The number of benzene rings is 1. The Morgan fingerprint density at radius 2 is 0.533 bits per heavy atom. The minimum atomic E-state index is -1.66. The maximum atomic E-state index is 10.8. The van der Waals surface area contributed by atoms with Crippen LogP contribution in [0.25, 0.3) is 0 Å². The van der Waals surface area contributed by atoms with Crippen molar-refractivity contribution in [3.8, 4) is 0 Å². The molecule has 0 bridgehead atoms. The third-order valence-corrected chi connectivity index (χ3v) is 2.08. The van der Waals surface area contributed by atoms with Gasteiger partial charge in [0, 0.05) is 20.8 Å². The standard InChI is InChI=1S/C10H6O8.3C2H4O2/c11-7(12)3-1-4(8(13)14)6(10(17)18)2-5(3)9(15)16;3*1-2(3)4/h1-2H,(H,11,12)(H,13,14)(H,15,16)(H,17,18);3*1H3,(H,3,4). The average molecular weight is 434 g/mol. The van der Waals surface area contributed by atoms with E-state index in [0.717, 1.165) is 20.8 Å². The summed E-state index contributed by atoms with van der Waals surface area (Å²) in [4.78, 5) is 70.1. The zero-order valence-electron chi connectivity index (χ0n) is 15.6. The Hall–Kier alpha value is -4.49. The highest BCUT2D eigenvalue weighted by Gasteiger charge is 2.24. The summed E-state index contributed by atoms with van der Waals surface area (Å²) in [5.74, 6) is -9.14. The first-order valence-electron chi connectivity index (χ1n) is 7.15. The lowest BCUT2D eigenvalue weighted by atomic mass is 9.98. The summed E-state index contributed by atoms with van der Waals surface area (Å²) in [5, 5.41) is 57.2. The molecule has 0 saturated heterocycles. The number of carboxylic acid groups (broad SMARTS) is 7. The predicted molar refractivity (Wildman–Crippen MR) is 94.2 cm³/mol. The Bertz CT molecular complexity index is 698. The van der Waals surface area contributed by atoms with Crippen LogP contribution in [0.3, 0.4) is 0 Å². The lowest BCUT2D eigenvalue weighted by Gasteiger charge is -2.06. The van der Waals surface area contributed by atoms with Gasteiger partial charge < -0.3 is 35.7 Å². The van der Waals surface area contributed by atoms with Gasteiger partial charge in [-0.1, -0.05) is 0 Å². The van der Waals surface area contributed by atoms with Gasteiger partial charge in [0.2, 0.25) is 0 Å². The number of carboxylic acids is 7. The van der Waals surface area contributed by atoms with E-state index in [-0.39, 0.29) is 0 Å². The molecular formula is C16H18O14. The Morgan fingerprint density at radius 1 is 0.433 bits per heavy atom. The van der Waals surface area contributed by atoms with Crippen molar-refractivity contribution in [1.29, 1.82) is 0 Å². The minimum absolute atomic E-state index is 0.511. The van der Waals surface area contributed by atoms with Crippen LogP contribution in [-0.4, -0.2) is 77.5 Å². The molecule has 0 fully saturated rings. The molecule has 14 nitrogen and oxygen atoms in total. The van der Waals surface area contributed by atoms with Crippen molar-refractivity contribution < 1.29 is 69.3 Å². The van der Waals surface area contributed by atoms with E-state index in [4.69, 9.17) is 50.1 Å². The summed E-state index contributed by atoms with van der Waals surface area (Å²) in [6, 6.07) is 1.02. The summed E-state index contributed by atoms with van der Waals surface area (Å²) in [6.45, 7) is 3.25. The highest BCUT2D eigenvalue weighted by atomic mass is 16.4. The van der Waals surface area contributed by atoms with Crippen LogP contribution in [0.1, 0.15) is 62.2 Å².